The zero-order valence-corrected chi connectivity index (χ0v) is 14.1. The maximum atomic E-state index is 12.6. The van der Waals surface area contributed by atoms with Crippen LogP contribution in [0, 0.1) is 6.92 Å². The lowest BCUT2D eigenvalue weighted by molar-refractivity contribution is 0.0727. The number of rotatable bonds is 4. The molecule has 0 fully saturated rings. The Morgan fingerprint density at radius 3 is 2.36 bits per heavy atom. The van der Waals surface area contributed by atoms with E-state index in [1.54, 1.807) is 42.5 Å². The molecule has 8 heteroatoms. The molecule has 1 heterocycles. The van der Waals surface area contributed by atoms with Gasteiger partial charge in [0.2, 0.25) is 5.88 Å². The molecule has 0 spiro atoms. The highest BCUT2D eigenvalue weighted by molar-refractivity contribution is 7.90. The van der Waals surface area contributed by atoms with Crippen molar-refractivity contribution in [3.8, 4) is 5.88 Å². The molecule has 0 amide bonds. The van der Waals surface area contributed by atoms with Crippen molar-refractivity contribution in [1.82, 2.24) is 9.19 Å². The van der Waals surface area contributed by atoms with Gasteiger partial charge >= 0.3 is 5.97 Å². The van der Waals surface area contributed by atoms with Crippen molar-refractivity contribution in [2.75, 3.05) is 5.73 Å². The number of ether oxygens (including phenoxy) is 1. The van der Waals surface area contributed by atoms with Gasteiger partial charge in [-0.3, -0.25) is 0 Å². The normalized spacial score (nSPS) is 11.2. The second-order valence-electron chi connectivity index (χ2n) is 5.32. The van der Waals surface area contributed by atoms with Gasteiger partial charge in [-0.1, -0.05) is 35.9 Å². The van der Waals surface area contributed by atoms with E-state index in [1.807, 2.05) is 6.92 Å². The molecule has 7 nitrogen and oxygen atoms in total. The van der Waals surface area contributed by atoms with Gasteiger partial charge in [0, 0.05) is 6.07 Å². The summed E-state index contributed by atoms with van der Waals surface area (Å²) < 4.78 is 31.0. The fraction of sp³-hybridized carbons (Fsp3) is 0.0588. The summed E-state index contributed by atoms with van der Waals surface area (Å²) in [5.74, 6) is -1.00. The molecule has 0 aliphatic carbocycles. The second-order valence-corrected chi connectivity index (χ2v) is 7.09. The first kappa shape index (κ1) is 16.7. The van der Waals surface area contributed by atoms with E-state index in [2.05, 4.69) is 5.10 Å². The summed E-state index contributed by atoms with van der Waals surface area (Å²) in [5, 5.41) is 3.81. The number of anilines is 1. The summed E-state index contributed by atoms with van der Waals surface area (Å²) in [6, 6.07) is 15.7. The zero-order chi connectivity index (χ0) is 18.0. The summed E-state index contributed by atoms with van der Waals surface area (Å²) in [5.41, 5.74) is 6.98. The number of hydrogen-bond acceptors (Lipinski definition) is 6. The van der Waals surface area contributed by atoms with E-state index in [1.165, 1.54) is 18.2 Å². The Balaban J connectivity index is 1.90. The Hall–Kier alpha value is -3.13. The van der Waals surface area contributed by atoms with Crippen LogP contribution in [0.15, 0.2) is 65.6 Å². The molecule has 0 bridgehead atoms. The van der Waals surface area contributed by atoms with Crippen LogP contribution in [-0.2, 0) is 10.0 Å². The molecular formula is C17H15N3O4S. The van der Waals surface area contributed by atoms with E-state index in [-0.39, 0.29) is 16.6 Å². The molecule has 0 saturated carbocycles. The quantitative estimate of drug-likeness (QED) is 0.718. The topological polar surface area (TPSA) is 104 Å². The molecule has 0 aliphatic rings. The minimum Gasteiger partial charge on any atom is -0.402 e. The van der Waals surface area contributed by atoms with Crippen molar-refractivity contribution in [2.24, 2.45) is 0 Å². The molecule has 2 aromatic carbocycles. The van der Waals surface area contributed by atoms with E-state index in [9.17, 15) is 13.2 Å². The molecule has 0 radical (unpaired) electrons. The fourth-order valence-electron chi connectivity index (χ4n) is 2.14. The SMILES string of the molecule is Cc1ccc(S(=O)(=O)n2nc(OC(=O)c3ccccc3)cc2N)cc1. The van der Waals surface area contributed by atoms with Gasteiger partial charge in [0.1, 0.15) is 5.82 Å². The molecular weight excluding hydrogens is 342 g/mol. The average molecular weight is 357 g/mol. The Bertz CT molecular complexity index is 1010. The average Bonchev–Trinajstić information content (AvgIpc) is 2.97. The van der Waals surface area contributed by atoms with Gasteiger partial charge in [0.15, 0.2) is 0 Å². The van der Waals surface area contributed by atoms with Crippen molar-refractivity contribution in [2.45, 2.75) is 11.8 Å². The highest BCUT2D eigenvalue weighted by Crippen LogP contribution is 2.22. The third kappa shape index (κ3) is 3.38. The van der Waals surface area contributed by atoms with Gasteiger partial charge in [0.05, 0.1) is 10.5 Å². The van der Waals surface area contributed by atoms with Gasteiger partial charge < -0.3 is 10.5 Å². The number of aryl methyl sites for hydroxylation is 1. The molecule has 1 aromatic heterocycles. The number of carbonyl (C=O) groups is 1. The molecule has 0 unspecified atom stereocenters. The van der Waals surface area contributed by atoms with Gasteiger partial charge in [-0.25, -0.2) is 4.79 Å². The van der Waals surface area contributed by atoms with Crippen LogP contribution in [0.25, 0.3) is 0 Å². The number of aromatic nitrogens is 2. The maximum Gasteiger partial charge on any atom is 0.344 e. The standard InChI is InChI=1S/C17H15N3O4S/c1-12-7-9-14(10-8-12)25(22,23)20-15(18)11-16(19-20)24-17(21)13-5-3-2-4-6-13/h2-11H,18H2,1H3. The highest BCUT2D eigenvalue weighted by atomic mass is 32.2. The number of esters is 1. The summed E-state index contributed by atoms with van der Waals surface area (Å²) in [4.78, 5) is 12.1. The molecule has 3 rings (SSSR count). The fourth-order valence-corrected chi connectivity index (χ4v) is 3.34. The van der Waals surface area contributed by atoms with Crippen LogP contribution < -0.4 is 10.5 Å². The minimum atomic E-state index is -3.98. The minimum absolute atomic E-state index is 0.0360. The van der Waals surface area contributed by atoms with Crippen molar-refractivity contribution < 1.29 is 17.9 Å². The summed E-state index contributed by atoms with van der Waals surface area (Å²) in [7, 11) is -3.98. The van der Waals surface area contributed by atoms with E-state index in [0.717, 1.165) is 5.56 Å². The second kappa shape index (κ2) is 6.40. The van der Waals surface area contributed by atoms with Crippen LogP contribution in [0.4, 0.5) is 5.82 Å². The molecule has 0 atom stereocenters. The predicted octanol–water partition coefficient (Wildman–Crippen LogP) is 2.23. The molecule has 0 saturated heterocycles. The van der Waals surface area contributed by atoms with Crippen molar-refractivity contribution in [1.29, 1.82) is 0 Å². The molecule has 25 heavy (non-hydrogen) atoms. The van der Waals surface area contributed by atoms with Gasteiger partial charge in [0.25, 0.3) is 10.0 Å². The van der Waals surface area contributed by atoms with Crippen molar-refractivity contribution >= 4 is 21.8 Å². The van der Waals surface area contributed by atoms with Crippen molar-refractivity contribution in [3.05, 3.63) is 71.8 Å². The lowest BCUT2D eigenvalue weighted by atomic mass is 10.2. The van der Waals surface area contributed by atoms with Gasteiger partial charge in [-0.2, -0.15) is 8.42 Å². The highest BCUT2D eigenvalue weighted by Gasteiger charge is 2.23. The zero-order valence-electron chi connectivity index (χ0n) is 13.3. The first-order valence-electron chi connectivity index (χ1n) is 7.33. The Kier molecular flexibility index (Phi) is 4.28. The van der Waals surface area contributed by atoms with Crippen LogP contribution in [-0.4, -0.2) is 23.6 Å². The number of nitrogens with zero attached hydrogens (tertiary/aromatic N) is 2. The number of nitrogens with two attached hydrogens (primary N) is 1. The largest absolute Gasteiger partial charge is 0.402 e. The van der Waals surface area contributed by atoms with Crippen LogP contribution in [0.5, 0.6) is 5.88 Å². The van der Waals surface area contributed by atoms with Gasteiger partial charge in [-0.05, 0) is 31.2 Å². The smallest absolute Gasteiger partial charge is 0.344 e. The first-order chi connectivity index (χ1) is 11.9. The summed E-state index contributed by atoms with van der Waals surface area (Å²) >= 11 is 0. The molecule has 2 N–H and O–H groups in total. The van der Waals surface area contributed by atoms with Crippen LogP contribution in [0.3, 0.4) is 0 Å². The molecule has 3 aromatic rings. The molecule has 128 valence electrons. The van der Waals surface area contributed by atoms with Crippen LogP contribution in [0.2, 0.25) is 0 Å². The monoisotopic (exact) mass is 357 g/mol. The van der Waals surface area contributed by atoms with Crippen molar-refractivity contribution in [3.63, 3.8) is 0 Å². The lowest BCUT2D eigenvalue weighted by Gasteiger charge is -2.06. The third-order valence-corrected chi connectivity index (χ3v) is 5.05. The number of carbonyl (C=O) groups excluding carboxylic acids is 1. The number of hydrogen-bond donors (Lipinski definition) is 1. The summed E-state index contributed by atoms with van der Waals surface area (Å²) in [6.45, 7) is 1.85. The van der Waals surface area contributed by atoms with E-state index in [4.69, 9.17) is 10.5 Å². The number of nitrogen functional groups attached to an aromatic ring is 1. The van der Waals surface area contributed by atoms with E-state index in [0.29, 0.717) is 9.65 Å². The van der Waals surface area contributed by atoms with E-state index >= 15 is 0 Å². The third-order valence-electron chi connectivity index (χ3n) is 3.43. The Labute approximate surface area is 144 Å². The first-order valence-corrected chi connectivity index (χ1v) is 8.77. The van der Waals surface area contributed by atoms with Gasteiger partial charge in [-0.15, -0.1) is 9.19 Å². The van der Waals surface area contributed by atoms with Crippen LogP contribution >= 0.6 is 0 Å². The predicted molar refractivity (Wildman–Crippen MR) is 91.8 cm³/mol. The number of benzene rings is 2. The van der Waals surface area contributed by atoms with E-state index < -0.39 is 16.0 Å². The lowest BCUT2D eigenvalue weighted by Crippen LogP contribution is -2.17. The Morgan fingerprint density at radius 1 is 1.08 bits per heavy atom. The Morgan fingerprint density at radius 2 is 1.72 bits per heavy atom. The maximum absolute atomic E-state index is 12.6. The molecule has 0 aliphatic heterocycles. The summed E-state index contributed by atoms with van der Waals surface area (Å²) in [6.07, 6.45) is 0. The van der Waals surface area contributed by atoms with Crippen LogP contribution in [0.1, 0.15) is 15.9 Å².